The van der Waals surface area contributed by atoms with Gasteiger partial charge >= 0.3 is 5.97 Å². The van der Waals surface area contributed by atoms with E-state index in [2.05, 4.69) is 0 Å². The summed E-state index contributed by atoms with van der Waals surface area (Å²) in [5.41, 5.74) is -0.722. The Morgan fingerprint density at radius 1 is 1.33 bits per heavy atom. The second-order valence-electron chi connectivity index (χ2n) is 3.52. The highest BCUT2D eigenvalue weighted by atomic mass is 16.4. The van der Waals surface area contributed by atoms with Gasteiger partial charge in [0, 0.05) is 6.42 Å². The zero-order chi connectivity index (χ0) is 9.03. The molecular formula is C9H14O3. The van der Waals surface area contributed by atoms with Crippen LogP contribution in [0.3, 0.4) is 0 Å². The fourth-order valence-electron chi connectivity index (χ4n) is 1.89. The summed E-state index contributed by atoms with van der Waals surface area (Å²) in [6.07, 6.45) is 5.25. The smallest absolute Gasteiger partial charge is 0.310 e. The van der Waals surface area contributed by atoms with E-state index >= 15 is 0 Å². The van der Waals surface area contributed by atoms with Crippen molar-refractivity contribution in [1.29, 1.82) is 0 Å². The molecule has 1 aliphatic carbocycles. The molecule has 0 heterocycles. The molecule has 68 valence electrons. The van der Waals surface area contributed by atoms with Gasteiger partial charge in [0.25, 0.3) is 0 Å². The minimum Gasteiger partial charge on any atom is -0.481 e. The predicted octanol–water partition coefficient (Wildman–Crippen LogP) is 1.61. The molecule has 1 fully saturated rings. The Hall–Kier alpha value is -0.860. The Morgan fingerprint density at radius 3 is 2.33 bits per heavy atom. The van der Waals surface area contributed by atoms with Crippen LogP contribution in [0.15, 0.2) is 0 Å². The van der Waals surface area contributed by atoms with Gasteiger partial charge in [-0.2, -0.15) is 0 Å². The number of carbonyl (C=O) groups is 2. The lowest BCUT2D eigenvalue weighted by molar-refractivity contribution is -0.152. The molecule has 1 N–H and O–H groups in total. The highest BCUT2D eigenvalue weighted by Crippen LogP contribution is 2.38. The Morgan fingerprint density at radius 2 is 1.92 bits per heavy atom. The van der Waals surface area contributed by atoms with Crippen molar-refractivity contribution >= 4 is 12.3 Å². The highest BCUT2D eigenvalue weighted by Gasteiger charge is 2.38. The quantitative estimate of drug-likeness (QED) is 0.654. The number of carboxylic acid groups (broad SMARTS) is 1. The molecule has 0 saturated heterocycles. The van der Waals surface area contributed by atoms with Crippen LogP contribution in [0.5, 0.6) is 0 Å². The number of aliphatic carboxylic acids is 1. The number of rotatable bonds is 3. The molecule has 0 bridgehead atoms. The van der Waals surface area contributed by atoms with Gasteiger partial charge in [-0.05, 0) is 12.8 Å². The minimum absolute atomic E-state index is 0.183. The SMILES string of the molecule is O=CCC1(C(=O)O)CCCCC1. The standard InChI is InChI=1S/C9H14O3/c10-7-6-9(8(11)12)4-2-1-3-5-9/h7H,1-6H2,(H,11,12). The van der Waals surface area contributed by atoms with Gasteiger partial charge in [0.1, 0.15) is 6.29 Å². The molecule has 1 aliphatic rings. The van der Waals surface area contributed by atoms with Gasteiger partial charge in [-0.3, -0.25) is 4.79 Å². The van der Waals surface area contributed by atoms with E-state index in [0.29, 0.717) is 12.8 Å². The predicted molar refractivity (Wildman–Crippen MR) is 43.8 cm³/mol. The maximum absolute atomic E-state index is 10.9. The van der Waals surface area contributed by atoms with Crippen LogP contribution < -0.4 is 0 Å². The van der Waals surface area contributed by atoms with E-state index in [-0.39, 0.29) is 6.42 Å². The number of carbonyl (C=O) groups excluding carboxylic acids is 1. The molecule has 12 heavy (non-hydrogen) atoms. The lowest BCUT2D eigenvalue weighted by Gasteiger charge is -2.31. The summed E-state index contributed by atoms with van der Waals surface area (Å²) >= 11 is 0. The first-order valence-corrected chi connectivity index (χ1v) is 4.38. The molecule has 0 unspecified atom stereocenters. The van der Waals surface area contributed by atoms with Gasteiger partial charge in [-0.1, -0.05) is 19.3 Å². The van der Waals surface area contributed by atoms with Gasteiger partial charge in [-0.15, -0.1) is 0 Å². The lowest BCUT2D eigenvalue weighted by atomic mass is 9.72. The molecule has 3 heteroatoms. The first-order valence-electron chi connectivity index (χ1n) is 4.38. The van der Waals surface area contributed by atoms with Crippen LogP contribution in [-0.2, 0) is 9.59 Å². The number of carboxylic acids is 1. The van der Waals surface area contributed by atoms with E-state index in [1.165, 1.54) is 0 Å². The third-order valence-corrected chi connectivity index (χ3v) is 2.74. The summed E-state index contributed by atoms with van der Waals surface area (Å²) in [6, 6.07) is 0. The van der Waals surface area contributed by atoms with Crippen LogP contribution in [0.2, 0.25) is 0 Å². The van der Waals surface area contributed by atoms with E-state index in [4.69, 9.17) is 5.11 Å². The number of hydrogen-bond acceptors (Lipinski definition) is 2. The number of aldehydes is 1. The second kappa shape index (κ2) is 3.70. The molecule has 0 spiro atoms. The molecule has 0 amide bonds. The Kier molecular flexibility index (Phi) is 2.84. The third kappa shape index (κ3) is 1.65. The van der Waals surface area contributed by atoms with Crippen molar-refractivity contribution in [1.82, 2.24) is 0 Å². The van der Waals surface area contributed by atoms with Gasteiger partial charge in [0.05, 0.1) is 5.41 Å². The van der Waals surface area contributed by atoms with Crippen molar-refractivity contribution in [2.45, 2.75) is 38.5 Å². The first-order chi connectivity index (χ1) is 5.71. The molecule has 1 rings (SSSR count). The van der Waals surface area contributed by atoms with Gasteiger partial charge < -0.3 is 9.90 Å². The van der Waals surface area contributed by atoms with Crippen molar-refractivity contribution in [3.8, 4) is 0 Å². The summed E-state index contributed by atoms with van der Waals surface area (Å²) in [6.45, 7) is 0. The van der Waals surface area contributed by atoms with E-state index in [1.54, 1.807) is 0 Å². The molecule has 0 aromatic heterocycles. The Balaban J connectivity index is 2.69. The fourth-order valence-corrected chi connectivity index (χ4v) is 1.89. The van der Waals surface area contributed by atoms with Crippen LogP contribution in [-0.4, -0.2) is 17.4 Å². The molecule has 0 aromatic rings. The van der Waals surface area contributed by atoms with E-state index in [0.717, 1.165) is 25.5 Å². The Labute approximate surface area is 71.8 Å². The lowest BCUT2D eigenvalue weighted by Crippen LogP contribution is -2.33. The summed E-state index contributed by atoms with van der Waals surface area (Å²) in [5, 5.41) is 8.96. The molecule has 0 radical (unpaired) electrons. The second-order valence-corrected chi connectivity index (χ2v) is 3.52. The molecule has 1 saturated carbocycles. The third-order valence-electron chi connectivity index (χ3n) is 2.74. The summed E-state index contributed by atoms with van der Waals surface area (Å²) in [5.74, 6) is -0.797. The van der Waals surface area contributed by atoms with Gasteiger partial charge in [0.2, 0.25) is 0 Å². The normalized spacial score (nSPS) is 21.7. The summed E-state index contributed by atoms with van der Waals surface area (Å²) < 4.78 is 0. The average molecular weight is 170 g/mol. The van der Waals surface area contributed by atoms with Crippen LogP contribution in [0.25, 0.3) is 0 Å². The zero-order valence-electron chi connectivity index (χ0n) is 7.08. The Bertz CT molecular complexity index is 180. The van der Waals surface area contributed by atoms with Crippen LogP contribution in [0, 0.1) is 5.41 Å². The van der Waals surface area contributed by atoms with Crippen LogP contribution >= 0.6 is 0 Å². The van der Waals surface area contributed by atoms with Crippen LogP contribution in [0.4, 0.5) is 0 Å². The topological polar surface area (TPSA) is 54.4 Å². The minimum atomic E-state index is -0.797. The highest BCUT2D eigenvalue weighted by molar-refractivity contribution is 5.78. The zero-order valence-corrected chi connectivity index (χ0v) is 7.08. The number of hydrogen-bond donors (Lipinski definition) is 1. The van der Waals surface area contributed by atoms with Crippen molar-refractivity contribution in [3.63, 3.8) is 0 Å². The largest absolute Gasteiger partial charge is 0.481 e. The molecule has 0 aromatic carbocycles. The maximum Gasteiger partial charge on any atom is 0.310 e. The van der Waals surface area contributed by atoms with Gasteiger partial charge in [-0.25, -0.2) is 0 Å². The molecule has 0 atom stereocenters. The summed E-state index contributed by atoms with van der Waals surface area (Å²) in [7, 11) is 0. The van der Waals surface area contributed by atoms with Gasteiger partial charge in [0.15, 0.2) is 0 Å². The summed E-state index contributed by atoms with van der Waals surface area (Å²) in [4.78, 5) is 21.2. The van der Waals surface area contributed by atoms with Crippen molar-refractivity contribution in [2.75, 3.05) is 0 Å². The molecular weight excluding hydrogens is 156 g/mol. The van der Waals surface area contributed by atoms with Crippen molar-refractivity contribution < 1.29 is 14.7 Å². The van der Waals surface area contributed by atoms with Crippen LogP contribution in [0.1, 0.15) is 38.5 Å². The van der Waals surface area contributed by atoms with Crippen molar-refractivity contribution in [3.05, 3.63) is 0 Å². The van der Waals surface area contributed by atoms with E-state index in [9.17, 15) is 9.59 Å². The van der Waals surface area contributed by atoms with E-state index in [1.807, 2.05) is 0 Å². The van der Waals surface area contributed by atoms with Crippen molar-refractivity contribution in [2.24, 2.45) is 5.41 Å². The van der Waals surface area contributed by atoms with E-state index < -0.39 is 11.4 Å². The molecule has 0 aliphatic heterocycles. The first kappa shape index (κ1) is 9.23. The maximum atomic E-state index is 10.9. The molecule has 3 nitrogen and oxygen atoms in total. The fraction of sp³-hybridized carbons (Fsp3) is 0.778. The average Bonchev–Trinajstić information content (AvgIpc) is 2.06. The monoisotopic (exact) mass is 170 g/mol.